The summed E-state index contributed by atoms with van der Waals surface area (Å²) in [5.74, 6) is -2.24. The Morgan fingerprint density at radius 3 is 1.85 bits per heavy atom. The van der Waals surface area contributed by atoms with Crippen molar-refractivity contribution in [3.63, 3.8) is 0 Å². The standard InChI is InChI=1S/C14H11Cl2N3O6S2/c15-10-8(26(17,22)23)6-9(27(18,24)25)12(11(10)16)19-14(21)13(20)7-4-2-1-3-5-7/h1-6H,(H,19,21)(H2,17,22,23)(H2,18,24,25). The number of Topliss-reactive ketones (excluding diaryl/α,β-unsaturated/α-hetero) is 1. The molecular weight excluding hydrogens is 441 g/mol. The number of sulfonamides is 2. The second-order valence-electron chi connectivity index (χ2n) is 5.12. The van der Waals surface area contributed by atoms with Crippen LogP contribution >= 0.6 is 23.2 Å². The highest BCUT2D eigenvalue weighted by Gasteiger charge is 2.28. The summed E-state index contributed by atoms with van der Waals surface area (Å²) < 4.78 is 46.8. The van der Waals surface area contributed by atoms with Crippen molar-refractivity contribution in [2.45, 2.75) is 9.79 Å². The van der Waals surface area contributed by atoms with E-state index in [1.54, 1.807) is 6.07 Å². The lowest BCUT2D eigenvalue weighted by Gasteiger charge is -2.15. The molecule has 0 aliphatic carbocycles. The molecule has 27 heavy (non-hydrogen) atoms. The number of hydrogen-bond acceptors (Lipinski definition) is 6. The summed E-state index contributed by atoms with van der Waals surface area (Å²) in [7, 11) is -9.04. The van der Waals surface area contributed by atoms with Crippen molar-refractivity contribution in [3.05, 3.63) is 52.0 Å². The number of benzene rings is 2. The van der Waals surface area contributed by atoms with E-state index in [0.29, 0.717) is 6.07 Å². The van der Waals surface area contributed by atoms with Gasteiger partial charge in [-0.3, -0.25) is 9.59 Å². The normalized spacial score (nSPS) is 11.9. The Kier molecular flexibility index (Phi) is 5.94. The number of primary sulfonamides is 2. The topological polar surface area (TPSA) is 166 Å². The van der Waals surface area contributed by atoms with Gasteiger partial charge in [0, 0.05) is 5.56 Å². The van der Waals surface area contributed by atoms with Crippen molar-refractivity contribution in [1.29, 1.82) is 0 Å². The smallest absolute Gasteiger partial charge is 0.296 e. The lowest BCUT2D eigenvalue weighted by Crippen LogP contribution is -2.26. The molecule has 0 aliphatic heterocycles. The van der Waals surface area contributed by atoms with Crippen LogP contribution in [0.5, 0.6) is 0 Å². The quantitative estimate of drug-likeness (QED) is 0.454. The molecule has 0 saturated carbocycles. The van der Waals surface area contributed by atoms with Gasteiger partial charge in [0.15, 0.2) is 0 Å². The maximum Gasteiger partial charge on any atom is 0.296 e. The number of carbonyl (C=O) groups excluding carboxylic acids is 2. The predicted molar refractivity (Wildman–Crippen MR) is 98.6 cm³/mol. The highest BCUT2D eigenvalue weighted by molar-refractivity contribution is 7.90. The van der Waals surface area contributed by atoms with Crippen molar-refractivity contribution in [2.24, 2.45) is 10.3 Å². The van der Waals surface area contributed by atoms with Gasteiger partial charge in [0.25, 0.3) is 11.7 Å². The van der Waals surface area contributed by atoms with Crippen molar-refractivity contribution < 1.29 is 26.4 Å². The van der Waals surface area contributed by atoms with Gasteiger partial charge in [0.05, 0.1) is 15.7 Å². The van der Waals surface area contributed by atoms with E-state index in [9.17, 15) is 26.4 Å². The molecule has 2 aromatic rings. The zero-order valence-electron chi connectivity index (χ0n) is 13.1. The highest BCUT2D eigenvalue weighted by atomic mass is 35.5. The molecule has 0 saturated heterocycles. The number of anilines is 1. The zero-order valence-corrected chi connectivity index (χ0v) is 16.3. The molecule has 13 heteroatoms. The maximum atomic E-state index is 12.2. The van der Waals surface area contributed by atoms with Crippen LogP contribution in [-0.4, -0.2) is 28.5 Å². The number of hydrogen-bond donors (Lipinski definition) is 3. The second-order valence-corrected chi connectivity index (χ2v) is 8.93. The zero-order chi connectivity index (χ0) is 20.6. The Balaban J connectivity index is 2.61. The molecule has 0 unspecified atom stereocenters. The van der Waals surface area contributed by atoms with Crippen molar-refractivity contribution in [1.82, 2.24) is 0 Å². The van der Waals surface area contributed by atoms with E-state index in [-0.39, 0.29) is 5.56 Å². The lowest BCUT2D eigenvalue weighted by molar-refractivity contribution is -0.112. The fourth-order valence-corrected chi connectivity index (χ4v) is 4.28. The maximum absolute atomic E-state index is 12.2. The van der Waals surface area contributed by atoms with E-state index >= 15 is 0 Å². The second kappa shape index (κ2) is 7.54. The van der Waals surface area contributed by atoms with Crippen LogP contribution in [0.2, 0.25) is 10.0 Å². The number of ketones is 1. The van der Waals surface area contributed by atoms with Crippen molar-refractivity contribution in [3.8, 4) is 0 Å². The first-order valence-electron chi connectivity index (χ1n) is 6.82. The van der Waals surface area contributed by atoms with E-state index < -0.39 is 57.3 Å². The summed E-state index contributed by atoms with van der Waals surface area (Å²) >= 11 is 11.7. The monoisotopic (exact) mass is 451 g/mol. The fraction of sp³-hybridized carbons (Fsp3) is 0. The molecule has 9 nitrogen and oxygen atoms in total. The van der Waals surface area contributed by atoms with Crippen LogP contribution in [0.1, 0.15) is 10.4 Å². The lowest BCUT2D eigenvalue weighted by atomic mass is 10.1. The molecule has 2 rings (SSSR count). The summed E-state index contributed by atoms with van der Waals surface area (Å²) in [5.41, 5.74) is -0.624. The largest absolute Gasteiger partial charge is 0.317 e. The number of amides is 1. The minimum absolute atomic E-state index is 0.0236. The molecule has 2 aromatic carbocycles. The van der Waals surface area contributed by atoms with Gasteiger partial charge in [-0.05, 0) is 6.07 Å². The minimum atomic E-state index is -4.58. The van der Waals surface area contributed by atoms with Crippen LogP contribution in [0.15, 0.2) is 46.2 Å². The Morgan fingerprint density at radius 2 is 1.37 bits per heavy atom. The third-order valence-electron chi connectivity index (χ3n) is 3.23. The molecular formula is C14H11Cl2N3O6S2. The molecule has 0 spiro atoms. The van der Waals surface area contributed by atoms with Gasteiger partial charge in [-0.25, -0.2) is 27.1 Å². The summed E-state index contributed by atoms with van der Waals surface area (Å²) in [6.07, 6.45) is 0. The third kappa shape index (κ3) is 4.64. The van der Waals surface area contributed by atoms with Gasteiger partial charge in [0.2, 0.25) is 20.0 Å². The van der Waals surface area contributed by atoms with E-state index in [2.05, 4.69) is 0 Å². The Morgan fingerprint density at radius 1 is 0.852 bits per heavy atom. The molecule has 0 bridgehead atoms. The van der Waals surface area contributed by atoms with Gasteiger partial charge >= 0.3 is 0 Å². The van der Waals surface area contributed by atoms with E-state index in [1.807, 2.05) is 5.32 Å². The molecule has 5 N–H and O–H groups in total. The molecule has 0 radical (unpaired) electrons. The number of nitrogens with two attached hydrogens (primary N) is 2. The number of nitrogens with one attached hydrogen (secondary N) is 1. The first kappa shape index (κ1) is 21.3. The molecule has 0 atom stereocenters. The van der Waals surface area contributed by atoms with Gasteiger partial charge in [-0.15, -0.1) is 0 Å². The van der Waals surface area contributed by atoms with Crippen LogP contribution in [0, 0.1) is 0 Å². The molecule has 0 aliphatic rings. The molecule has 0 heterocycles. The van der Waals surface area contributed by atoms with Gasteiger partial charge in [0.1, 0.15) is 9.79 Å². The van der Waals surface area contributed by atoms with Crippen molar-refractivity contribution >= 4 is 60.6 Å². The highest BCUT2D eigenvalue weighted by Crippen LogP contribution is 2.39. The molecule has 144 valence electrons. The summed E-state index contributed by atoms with van der Waals surface area (Å²) in [6.45, 7) is 0. The fourth-order valence-electron chi connectivity index (χ4n) is 2.02. The average molecular weight is 452 g/mol. The Hall–Kier alpha value is -2.02. The number of carbonyl (C=O) groups is 2. The van der Waals surface area contributed by atoms with Crippen LogP contribution in [0.25, 0.3) is 0 Å². The minimum Gasteiger partial charge on any atom is -0.317 e. The van der Waals surface area contributed by atoms with Crippen LogP contribution in [0.3, 0.4) is 0 Å². The van der Waals surface area contributed by atoms with E-state index in [0.717, 1.165) is 0 Å². The van der Waals surface area contributed by atoms with Gasteiger partial charge in [-0.1, -0.05) is 53.5 Å². The summed E-state index contributed by atoms with van der Waals surface area (Å²) in [5, 5.41) is 10.7. The molecule has 0 fully saturated rings. The van der Waals surface area contributed by atoms with E-state index in [1.165, 1.54) is 24.3 Å². The van der Waals surface area contributed by atoms with Crippen molar-refractivity contribution in [2.75, 3.05) is 5.32 Å². The predicted octanol–water partition coefficient (Wildman–Crippen LogP) is 1.11. The first-order chi connectivity index (χ1) is 12.3. The van der Waals surface area contributed by atoms with Crippen LogP contribution < -0.4 is 15.6 Å². The summed E-state index contributed by atoms with van der Waals surface area (Å²) in [6, 6.07) is 7.92. The van der Waals surface area contributed by atoms with Crippen LogP contribution in [-0.2, 0) is 24.8 Å². The van der Waals surface area contributed by atoms with E-state index in [4.69, 9.17) is 33.5 Å². The molecule has 1 amide bonds. The van der Waals surface area contributed by atoms with Crippen LogP contribution in [0.4, 0.5) is 5.69 Å². The Labute approximate surface area is 164 Å². The number of rotatable bonds is 5. The average Bonchev–Trinajstić information content (AvgIpc) is 2.56. The van der Waals surface area contributed by atoms with Gasteiger partial charge < -0.3 is 5.32 Å². The van der Waals surface area contributed by atoms with Gasteiger partial charge in [-0.2, -0.15) is 0 Å². The Bertz CT molecular complexity index is 1150. The summed E-state index contributed by atoms with van der Waals surface area (Å²) in [4.78, 5) is 22.7. The first-order valence-corrected chi connectivity index (χ1v) is 10.7. The molecule has 0 aromatic heterocycles. The SMILES string of the molecule is NS(=O)(=O)c1cc(S(N)(=O)=O)c(NC(=O)C(=O)c2ccccc2)c(Cl)c1Cl. The number of halogens is 2. The third-order valence-corrected chi connectivity index (χ3v) is 6.08.